The molecule has 162 valence electrons. The summed E-state index contributed by atoms with van der Waals surface area (Å²) in [5, 5.41) is 14.4. The Morgan fingerprint density at radius 3 is 2.03 bits per heavy atom. The van der Waals surface area contributed by atoms with Crippen molar-refractivity contribution in [1.82, 2.24) is 5.32 Å². The Balaban J connectivity index is 1.83. The highest BCUT2D eigenvalue weighted by molar-refractivity contribution is 6.31. The van der Waals surface area contributed by atoms with Gasteiger partial charge in [0.25, 0.3) is 5.91 Å². The summed E-state index contributed by atoms with van der Waals surface area (Å²) >= 11 is 5.62. The predicted molar refractivity (Wildman–Crippen MR) is 117 cm³/mol. The molecule has 4 nitrogen and oxygen atoms in total. The highest BCUT2D eigenvalue weighted by Crippen LogP contribution is 2.36. The fourth-order valence-corrected chi connectivity index (χ4v) is 3.22. The van der Waals surface area contributed by atoms with Crippen molar-refractivity contribution in [3.05, 3.63) is 112 Å². The predicted octanol–water partition coefficient (Wildman–Crippen LogP) is 6.08. The standard InChI is InChI=1S/C24H17ClF3N3O/c25-21-12-11-19(13-20(21)24(26,27)28)30-15-18(14-29)23(32)31-22(16-7-3-1-4-8-16)17-9-5-2-6-10-17/h1-13,15,22,30H,(H,31,32)/b18-15-. The first-order valence-corrected chi connectivity index (χ1v) is 9.81. The Morgan fingerprint density at radius 1 is 0.969 bits per heavy atom. The maximum atomic E-state index is 13.0. The van der Waals surface area contributed by atoms with E-state index in [-0.39, 0.29) is 11.3 Å². The van der Waals surface area contributed by atoms with E-state index in [0.717, 1.165) is 29.5 Å². The number of hydrogen-bond donors (Lipinski definition) is 2. The van der Waals surface area contributed by atoms with Gasteiger partial charge in [-0.1, -0.05) is 72.3 Å². The second-order valence-electron chi connectivity index (χ2n) is 6.73. The van der Waals surface area contributed by atoms with Gasteiger partial charge < -0.3 is 10.6 Å². The first-order chi connectivity index (χ1) is 15.3. The van der Waals surface area contributed by atoms with Gasteiger partial charge >= 0.3 is 6.18 Å². The Kier molecular flexibility index (Phi) is 7.18. The van der Waals surface area contributed by atoms with Crippen molar-refractivity contribution in [3.8, 4) is 6.07 Å². The number of nitriles is 1. The molecular formula is C24H17ClF3N3O. The van der Waals surface area contributed by atoms with Crippen LogP contribution in [0.25, 0.3) is 0 Å². The molecule has 0 aromatic heterocycles. The van der Waals surface area contributed by atoms with Gasteiger partial charge in [-0.05, 0) is 29.3 Å². The molecule has 0 spiro atoms. The van der Waals surface area contributed by atoms with Crippen LogP contribution in [0.5, 0.6) is 0 Å². The van der Waals surface area contributed by atoms with Gasteiger partial charge in [-0.3, -0.25) is 4.79 Å². The summed E-state index contributed by atoms with van der Waals surface area (Å²) in [6.45, 7) is 0. The molecule has 0 radical (unpaired) electrons. The molecule has 0 aliphatic carbocycles. The molecule has 8 heteroatoms. The van der Waals surface area contributed by atoms with E-state index in [1.165, 1.54) is 6.07 Å². The van der Waals surface area contributed by atoms with E-state index in [4.69, 9.17) is 11.6 Å². The smallest absolute Gasteiger partial charge is 0.360 e. The summed E-state index contributed by atoms with van der Waals surface area (Å²) in [5.74, 6) is -0.678. The number of amides is 1. The summed E-state index contributed by atoms with van der Waals surface area (Å²) < 4.78 is 39.1. The molecule has 0 heterocycles. The molecule has 0 unspecified atom stereocenters. The number of halogens is 4. The quantitative estimate of drug-likeness (QED) is 0.349. The lowest BCUT2D eigenvalue weighted by Gasteiger charge is -2.19. The molecule has 0 saturated carbocycles. The number of alkyl halides is 3. The van der Waals surface area contributed by atoms with Crippen LogP contribution in [0.15, 0.2) is 90.6 Å². The van der Waals surface area contributed by atoms with Crippen LogP contribution in [0.2, 0.25) is 5.02 Å². The molecule has 3 rings (SSSR count). The zero-order valence-electron chi connectivity index (χ0n) is 16.5. The third-order valence-corrected chi connectivity index (χ3v) is 4.89. The largest absolute Gasteiger partial charge is 0.417 e. The van der Waals surface area contributed by atoms with E-state index in [1.807, 2.05) is 60.7 Å². The Hall–Kier alpha value is -3.76. The van der Waals surface area contributed by atoms with Crippen molar-refractivity contribution in [2.24, 2.45) is 0 Å². The van der Waals surface area contributed by atoms with E-state index in [1.54, 1.807) is 6.07 Å². The number of carbonyl (C=O) groups is 1. The van der Waals surface area contributed by atoms with E-state index in [9.17, 15) is 23.2 Å². The SMILES string of the molecule is N#C/C(=C/Nc1ccc(Cl)c(C(F)(F)F)c1)C(=O)NC(c1ccccc1)c1ccccc1. The van der Waals surface area contributed by atoms with Crippen LogP contribution in [0.1, 0.15) is 22.7 Å². The molecule has 1 amide bonds. The highest BCUT2D eigenvalue weighted by Gasteiger charge is 2.33. The summed E-state index contributed by atoms with van der Waals surface area (Å²) in [7, 11) is 0. The van der Waals surface area contributed by atoms with Gasteiger partial charge in [-0.25, -0.2) is 0 Å². The van der Waals surface area contributed by atoms with E-state index in [0.29, 0.717) is 0 Å². The lowest BCUT2D eigenvalue weighted by atomic mass is 9.98. The van der Waals surface area contributed by atoms with Gasteiger partial charge in [-0.15, -0.1) is 0 Å². The molecule has 3 aromatic rings. The molecule has 0 saturated heterocycles. The molecule has 0 aliphatic heterocycles. The Morgan fingerprint density at radius 2 is 1.53 bits per heavy atom. The summed E-state index contributed by atoms with van der Waals surface area (Å²) in [4.78, 5) is 12.8. The van der Waals surface area contributed by atoms with Crippen molar-refractivity contribution in [2.75, 3.05) is 5.32 Å². The molecule has 2 N–H and O–H groups in total. The molecule has 3 aromatic carbocycles. The fraction of sp³-hybridized carbons (Fsp3) is 0.0833. The van der Waals surface area contributed by atoms with Crippen LogP contribution in [0.4, 0.5) is 18.9 Å². The normalized spacial score (nSPS) is 11.7. The first kappa shape index (κ1) is 22.9. The van der Waals surface area contributed by atoms with Crippen LogP contribution in [-0.2, 0) is 11.0 Å². The van der Waals surface area contributed by atoms with Gasteiger partial charge in [0.2, 0.25) is 0 Å². The second kappa shape index (κ2) is 10.0. The van der Waals surface area contributed by atoms with Crippen molar-refractivity contribution in [2.45, 2.75) is 12.2 Å². The van der Waals surface area contributed by atoms with Crippen LogP contribution in [0, 0.1) is 11.3 Å². The van der Waals surface area contributed by atoms with Crippen LogP contribution in [0.3, 0.4) is 0 Å². The molecular weight excluding hydrogens is 439 g/mol. The van der Waals surface area contributed by atoms with Gasteiger partial charge in [-0.2, -0.15) is 18.4 Å². The summed E-state index contributed by atoms with van der Waals surface area (Å²) in [6.07, 6.45) is -3.57. The lowest BCUT2D eigenvalue weighted by Crippen LogP contribution is -2.30. The zero-order valence-corrected chi connectivity index (χ0v) is 17.3. The molecule has 32 heavy (non-hydrogen) atoms. The fourth-order valence-electron chi connectivity index (χ4n) is 3.00. The van der Waals surface area contributed by atoms with Crippen molar-refractivity contribution in [3.63, 3.8) is 0 Å². The third kappa shape index (κ3) is 5.68. The second-order valence-corrected chi connectivity index (χ2v) is 7.14. The zero-order chi connectivity index (χ0) is 23.1. The monoisotopic (exact) mass is 455 g/mol. The minimum atomic E-state index is -4.63. The lowest BCUT2D eigenvalue weighted by molar-refractivity contribution is -0.137. The van der Waals surface area contributed by atoms with Crippen molar-refractivity contribution >= 4 is 23.2 Å². The molecule has 0 atom stereocenters. The van der Waals surface area contributed by atoms with E-state index >= 15 is 0 Å². The first-order valence-electron chi connectivity index (χ1n) is 9.44. The van der Waals surface area contributed by atoms with Gasteiger partial charge in [0, 0.05) is 11.9 Å². The average molecular weight is 456 g/mol. The van der Waals surface area contributed by atoms with Crippen molar-refractivity contribution in [1.29, 1.82) is 5.26 Å². The summed E-state index contributed by atoms with van der Waals surface area (Å²) in [6, 6.07) is 22.9. The third-order valence-electron chi connectivity index (χ3n) is 4.56. The van der Waals surface area contributed by atoms with Crippen LogP contribution >= 0.6 is 11.6 Å². The van der Waals surface area contributed by atoms with Gasteiger partial charge in [0.1, 0.15) is 11.6 Å². The minimum absolute atomic E-state index is 0.0324. The van der Waals surface area contributed by atoms with Crippen LogP contribution < -0.4 is 10.6 Å². The van der Waals surface area contributed by atoms with Crippen LogP contribution in [-0.4, -0.2) is 5.91 Å². The number of benzene rings is 3. The number of hydrogen-bond acceptors (Lipinski definition) is 3. The Labute approximate surface area is 187 Å². The molecule has 0 bridgehead atoms. The Bertz CT molecular complexity index is 1120. The number of rotatable bonds is 6. The number of nitrogens with one attached hydrogen (secondary N) is 2. The maximum Gasteiger partial charge on any atom is 0.417 e. The topological polar surface area (TPSA) is 64.9 Å². The minimum Gasteiger partial charge on any atom is -0.360 e. The number of anilines is 1. The molecule has 0 fully saturated rings. The van der Waals surface area contributed by atoms with Gasteiger partial charge in [0.05, 0.1) is 16.6 Å². The van der Waals surface area contributed by atoms with Gasteiger partial charge in [0.15, 0.2) is 0 Å². The maximum absolute atomic E-state index is 13.0. The number of nitrogens with zero attached hydrogens (tertiary/aromatic N) is 1. The van der Waals surface area contributed by atoms with Crippen molar-refractivity contribution < 1.29 is 18.0 Å². The number of carbonyl (C=O) groups excluding carboxylic acids is 1. The highest BCUT2D eigenvalue weighted by atomic mass is 35.5. The molecule has 0 aliphatic rings. The van der Waals surface area contributed by atoms with E-state index in [2.05, 4.69) is 10.6 Å². The van der Waals surface area contributed by atoms with E-state index < -0.39 is 28.7 Å². The summed E-state index contributed by atoms with van der Waals surface area (Å²) in [5.41, 5.74) is 0.332. The average Bonchev–Trinajstić information content (AvgIpc) is 2.79.